The van der Waals surface area contributed by atoms with Gasteiger partial charge in [0.1, 0.15) is 0 Å². The molecule has 0 aliphatic carbocycles. The molecule has 0 saturated heterocycles. The van der Waals surface area contributed by atoms with Crippen molar-refractivity contribution >= 4 is 11.8 Å². The lowest BCUT2D eigenvalue weighted by atomic mass is 9.82. The third-order valence-electron chi connectivity index (χ3n) is 3.32. The SMILES string of the molecule is C\C=C/C(=C\C=C\C=C\C#N)C(=O)C(CC)C(CC)C(=O)O. The first kappa shape index (κ1) is 19.6. The molecule has 4 nitrogen and oxygen atoms in total. The van der Waals surface area contributed by atoms with Crippen LogP contribution in [-0.4, -0.2) is 16.9 Å². The molecule has 0 aromatic heterocycles. The van der Waals surface area contributed by atoms with Crippen LogP contribution in [0.5, 0.6) is 0 Å². The number of hydrogen-bond acceptors (Lipinski definition) is 3. The minimum atomic E-state index is -0.935. The first-order valence-electron chi connectivity index (χ1n) is 7.36. The molecule has 2 unspecified atom stereocenters. The largest absolute Gasteiger partial charge is 0.481 e. The summed E-state index contributed by atoms with van der Waals surface area (Å²) in [4.78, 5) is 23.9. The molecule has 0 aromatic rings. The Hall–Kier alpha value is -2.41. The van der Waals surface area contributed by atoms with Gasteiger partial charge in [-0.3, -0.25) is 9.59 Å². The number of aliphatic carboxylic acids is 1. The summed E-state index contributed by atoms with van der Waals surface area (Å²) in [5.74, 6) is -2.31. The molecule has 0 amide bonds. The van der Waals surface area contributed by atoms with Crippen molar-refractivity contribution in [1.82, 2.24) is 0 Å². The Morgan fingerprint density at radius 3 is 2.23 bits per heavy atom. The average molecular weight is 301 g/mol. The lowest BCUT2D eigenvalue weighted by Crippen LogP contribution is -2.29. The molecule has 0 heterocycles. The maximum absolute atomic E-state index is 12.6. The van der Waals surface area contributed by atoms with Crippen molar-refractivity contribution in [2.24, 2.45) is 11.8 Å². The van der Waals surface area contributed by atoms with E-state index in [-0.39, 0.29) is 5.78 Å². The third kappa shape index (κ3) is 6.36. The van der Waals surface area contributed by atoms with E-state index in [1.807, 2.05) is 13.0 Å². The van der Waals surface area contributed by atoms with Crippen molar-refractivity contribution in [1.29, 1.82) is 5.26 Å². The molecule has 0 radical (unpaired) electrons. The topological polar surface area (TPSA) is 78.2 Å². The molecule has 0 aromatic carbocycles. The van der Waals surface area contributed by atoms with Crippen molar-refractivity contribution in [2.45, 2.75) is 33.6 Å². The van der Waals surface area contributed by atoms with E-state index in [2.05, 4.69) is 0 Å². The van der Waals surface area contributed by atoms with E-state index in [0.717, 1.165) is 0 Å². The smallest absolute Gasteiger partial charge is 0.307 e. The number of ketones is 1. The fourth-order valence-corrected chi connectivity index (χ4v) is 2.22. The highest BCUT2D eigenvalue weighted by Gasteiger charge is 2.31. The molecule has 2 atom stereocenters. The highest BCUT2D eigenvalue weighted by atomic mass is 16.4. The van der Waals surface area contributed by atoms with Gasteiger partial charge in [-0.2, -0.15) is 5.26 Å². The van der Waals surface area contributed by atoms with Gasteiger partial charge in [0.25, 0.3) is 0 Å². The standard InChI is InChI=1S/C18H23NO3/c1-4-11-14(12-9-7-8-10-13-19)17(20)15(5-2)16(6-3)18(21)22/h4,7-12,15-16H,5-6H2,1-3H3,(H,21,22)/b9-7+,10-8+,11-4-,14-12+. The molecule has 0 fully saturated rings. The lowest BCUT2D eigenvalue weighted by Gasteiger charge is -2.20. The summed E-state index contributed by atoms with van der Waals surface area (Å²) in [6, 6.07) is 1.87. The van der Waals surface area contributed by atoms with Crippen LogP contribution in [0.15, 0.2) is 48.1 Å². The number of hydrogen-bond donors (Lipinski definition) is 1. The summed E-state index contributed by atoms with van der Waals surface area (Å²) in [7, 11) is 0. The fraction of sp³-hybridized carbons (Fsp3) is 0.389. The molecule has 0 saturated carbocycles. The minimum Gasteiger partial charge on any atom is -0.481 e. The van der Waals surface area contributed by atoms with Crippen LogP contribution in [0.3, 0.4) is 0 Å². The Balaban J connectivity index is 5.39. The van der Waals surface area contributed by atoms with E-state index >= 15 is 0 Å². The van der Waals surface area contributed by atoms with Gasteiger partial charge < -0.3 is 5.11 Å². The molecular formula is C18H23NO3. The second-order valence-electron chi connectivity index (χ2n) is 4.73. The summed E-state index contributed by atoms with van der Waals surface area (Å²) >= 11 is 0. The zero-order valence-electron chi connectivity index (χ0n) is 13.3. The van der Waals surface area contributed by atoms with Crippen LogP contribution >= 0.6 is 0 Å². The van der Waals surface area contributed by atoms with Crippen LogP contribution in [0.4, 0.5) is 0 Å². The predicted molar refractivity (Wildman–Crippen MR) is 87.0 cm³/mol. The van der Waals surface area contributed by atoms with Gasteiger partial charge in [-0.05, 0) is 19.8 Å². The van der Waals surface area contributed by atoms with Crippen LogP contribution in [0.1, 0.15) is 33.6 Å². The number of carboxylic acids is 1. The van der Waals surface area contributed by atoms with Gasteiger partial charge >= 0.3 is 5.97 Å². The van der Waals surface area contributed by atoms with Crippen LogP contribution in [0.25, 0.3) is 0 Å². The zero-order valence-corrected chi connectivity index (χ0v) is 13.3. The van der Waals surface area contributed by atoms with Crippen LogP contribution in [0.2, 0.25) is 0 Å². The summed E-state index contributed by atoms with van der Waals surface area (Å²) in [6.07, 6.45) is 12.2. The molecule has 4 heteroatoms. The van der Waals surface area contributed by atoms with Gasteiger partial charge in [0.15, 0.2) is 5.78 Å². The van der Waals surface area contributed by atoms with Gasteiger partial charge in [-0.15, -0.1) is 0 Å². The number of rotatable bonds is 9. The zero-order chi connectivity index (χ0) is 17.0. The second kappa shape index (κ2) is 11.3. The van der Waals surface area contributed by atoms with Gasteiger partial charge in [-0.25, -0.2) is 0 Å². The van der Waals surface area contributed by atoms with Crippen molar-refractivity contribution in [3.8, 4) is 6.07 Å². The molecule has 22 heavy (non-hydrogen) atoms. The molecule has 0 aliphatic rings. The monoisotopic (exact) mass is 301 g/mol. The van der Waals surface area contributed by atoms with Crippen LogP contribution < -0.4 is 0 Å². The summed E-state index contributed by atoms with van der Waals surface area (Å²) in [5, 5.41) is 17.7. The van der Waals surface area contributed by atoms with Crippen molar-refractivity contribution in [3.05, 3.63) is 48.1 Å². The Morgan fingerprint density at radius 1 is 1.14 bits per heavy atom. The number of nitriles is 1. The van der Waals surface area contributed by atoms with Gasteiger partial charge in [0, 0.05) is 17.6 Å². The molecule has 0 bridgehead atoms. The second-order valence-corrected chi connectivity index (χ2v) is 4.73. The maximum Gasteiger partial charge on any atom is 0.307 e. The maximum atomic E-state index is 12.6. The Labute approximate surface area is 132 Å². The van der Waals surface area contributed by atoms with Crippen LogP contribution in [-0.2, 0) is 9.59 Å². The number of carbonyl (C=O) groups excluding carboxylic acids is 1. The molecule has 0 rings (SSSR count). The number of carbonyl (C=O) groups is 2. The highest BCUT2D eigenvalue weighted by Crippen LogP contribution is 2.24. The van der Waals surface area contributed by atoms with E-state index < -0.39 is 17.8 Å². The summed E-state index contributed by atoms with van der Waals surface area (Å²) < 4.78 is 0. The van der Waals surface area contributed by atoms with Crippen molar-refractivity contribution in [3.63, 3.8) is 0 Å². The highest BCUT2D eigenvalue weighted by molar-refractivity contribution is 6.01. The third-order valence-corrected chi connectivity index (χ3v) is 3.32. The van der Waals surface area contributed by atoms with Crippen molar-refractivity contribution < 1.29 is 14.7 Å². The Morgan fingerprint density at radius 2 is 1.77 bits per heavy atom. The normalized spacial score (nSPS) is 15.3. The molecule has 1 N–H and O–H groups in total. The lowest BCUT2D eigenvalue weighted by molar-refractivity contribution is -0.146. The number of Topliss-reactive ketones (excluding diaryl/α,β-unsaturated/α-hetero) is 1. The Kier molecular flexibility index (Phi) is 10.0. The van der Waals surface area contributed by atoms with E-state index in [0.29, 0.717) is 18.4 Å². The quantitative estimate of drug-likeness (QED) is 0.399. The van der Waals surface area contributed by atoms with Gasteiger partial charge in [0.2, 0.25) is 0 Å². The van der Waals surface area contributed by atoms with E-state index in [1.54, 1.807) is 50.3 Å². The van der Waals surface area contributed by atoms with Crippen molar-refractivity contribution in [2.75, 3.05) is 0 Å². The number of nitrogens with zero attached hydrogens (tertiary/aromatic N) is 1. The molecule has 0 aliphatic heterocycles. The van der Waals surface area contributed by atoms with E-state index in [4.69, 9.17) is 5.26 Å². The van der Waals surface area contributed by atoms with E-state index in [1.165, 1.54) is 6.08 Å². The van der Waals surface area contributed by atoms with Gasteiger partial charge in [0.05, 0.1) is 12.0 Å². The molecule has 118 valence electrons. The average Bonchev–Trinajstić information content (AvgIpc) is 2.50. The predicted octanol–water partition coefficient (Wildman–Crippen LogP) is 3.83. The minimum absolute atomic E-state index is 0.163. The number of carboxylic acid groups (broad SMARTS) is 1. The summed E-state index contributed by atoms with van der Waals surface area (Å²) in [6.45, 7) is 5.41. The fourth-order valence-electron chi connectivity index (χ4n) is 2.22. The molecule has 0 spiro atoms. The summed E-state index contributed by atoms with van der Waals surface area (Å²) in [5.41, 5.74) is 0.468. The van der Waals surface area contributed by atoms with Crippen LogP contribution in [0, 0.1) is 23.2 Å². The first-order chi connectivity index (χ1) is 10.5. The first-order valence-corrected chi connectivity index (χ1v) is 7.36. The van der Waals surface area contributed by atoms with Gasteiger partial charge in [-0.1, -0.05) is 50.3 Å². The van der Waals surface area contributed by atoms with E-state index in [9.17, 15) is 14.7 Å². The molecular weight excluding hydrogens is 278 g/mol. The number of allylic oxidation sites excluding steroid dienone is 8. The Bertz CT molecular complexity index is 533.